The van der Waals surface area contributed by atoms with Gasteiger partial charge < -0.3 is 13.9 Å². The van der Waals surface area contributed by atoms with E-state index >= 15 is 0 Å². The molecule has 0 aliphatic rings. The molecule has 0 saturated heterocycles. The average Bonchev–Trinajstić information content (AvgIpc) is 2.54. The summed E-state index contributed by atoms with van der Waals surface area (Å²) in [5.41, 5.74) is 1.48. The van der Waals surface area contributed by atoms with E-state index in [0.717, 1.165) is 22.4 Å². The number of fused-ring (bicyclic) bond motifs is 1. The summed E-state index contributed by atoms with van der Waals surface area (Å²) < 4.78 is 15.7. The number of ether oxygens (including phenoxy) is 2. The van der Waals surface area contributed by atoms with E-state index in [1.165, 1.54) is 0 Å². The van der Waals surface area contributed by atoms with Crippen LogP contribution in [0.25, 0.3) is 22.1 Å². The van der Waals surface area contributed by atoms with Crippen molar-refractivity contribution in [1.29, 1.82) is 0 Å². The van der Waals surface area contributed by atoms with Gasteiger partial charge in [0.15, 0.2) is 0 Å². The number of benzene rings is 2. The largest absolute Gasteiger partial charge is 0.497 e. The lowest BCUT2D eigenvalue weighted by atomic mass is 10.1. The molecule has 0 aliphatic heterocycles. The monoisotopic (exact) mass is 282 g/mol. The average molecular weight is 282 g/mol. The molecular formula is C17H14O4. The highest BCUT2D eigenvalue weighted by atomic mass is 16.5. The lowest BCUT2D eigenvalue weighted by Gasteiger charge is -2.05. The third kappa shape index (κ3) is 2.48. The van der Waals surface area contributed by atoms with E-state index in [9.17, 15) is 4.79 Å². The van der Waals surface area contributed by atoms with Gasteiger partial charge in [0.05, 0.1) is 19.8 Å². The van der Waals surface area contributed by atoms with Crippen molar-refractivity contribution >= 4 is 11.0 Å². The third-order valence-corrected chi connectivity index (χ3v) is 3.34. The molecule has 4 heteroatoms. The Bertz CT molecular complexity index is 832. The molecule has 1 heterocycles. The Morgan fingerprint density at radius 2 is 1.52 bits per heavy atom. The van der Waals surface area contributed by atoms with Crippen molar-refractivity contribution in [3.8, 4) is 22.6 Å². The molecule has 0 radical (unpaired) electrons. The standard InChI is InChI=1S/C17H14O4/c1-19-13-5-3-11(4-6-13)15-10-12-9-14(20-2)7-8-16(12)21-17(15)18/h3-10H,1-2H3. The van der Waals surface area contributed by atoms with Gasteiger partial charge in [0.2, 0.25) is 0 Å². The smallest absolute Gasteiger partial charge is 0.344 e. The molecule has 0 atom stereocenters. The Labute approximate surface area is 121 Å². The van der Waals surface area contributed by atoms with E-state index < -0.39 is 0 Å². The van der Waals surface area contributed by atoms with E-state index in [1.54, 1.807) is 26.4 Å². The summed E-state index contributed by atoms with van der Waals surface area (Å²) in [6.07, 6.45) is 0. The second kappa shape index (κ2) is 5.32. The lowest BCUT2D eigenvalue weighted by molar-refractivity contribution is 0.415. The van der Waals surface area contributed by atoms with Gasteiger partial charge in [-0.15, -0.1) is 0 Å². The lowest BCUT2D eigenvalue weighted by Crippen LogP contribution is -2.02. The van der Waals surface area contributed by atoms with Gasteiger partial charge in [-0.1, -0.05) is 12.1 Å². The fraction of sp³-hybridized carbons (Fsp3) is 0.118. The Balaban J connectivity index is 2.16. The summed E-state index contributed by atoms with van der Waals surface area (Å²) in [7, 11) is 3.20. The molecule has 0 N–H and O–H groups in total. The molecule has 0 fully saturated rings. The van der Waals surface area contributed by atoms with Crippen molar-refractivity contribution in [1.82, 2.24) is 0 Å². The van der Waals surface area contributed by atoms with Gasteiger partial charge >= 0.3 is 5.63 Å². The van der Waals surface area contributed by atoms with Crippen LogP contribution in [-0.4, -0.2) is 14.2 Å². The maximum absolute atomic E-state index is 12.1. The van der Waals surface area contributed by atoms with Gasteiger partial charge in [0.1, 0.15) is 17.1 Å². The van der Waals surface area contributed by atoms with Gasteiger partial charge in [-0.3, -0.25) is 0 Å². The summed E-state index contributed by atoms with van der Waals surface area (Å²) >= 11 is 0. The SMILES string of the molecule is COc1ccc(-c2cc3cc(OC)ccc3oc2=O)cc1. The highest BCUT2D eigenvalue weighted by Gasteiger charge is 2.08. The first-order valence-corrected chi connectivity index (χ1v) is 6.47. The number of methoxy groups -OCH3 is 2. The van der Waals surface area contributed by atoms with Crippen LogP contribution in [0.3, 0.4) is 0 Å². The molecule has 0 saturated carbocycles. The zero-order chi connectivity index (χ0) is 14.8. The zero-order valence-electron chi connectivity index (χ0n) is 11.8. The number of rotatable bonds is 3. The van der Waals surface area contributed by atoms with Crippen molar-refractivity contribution in [3.63, 3.8) is 0 Å². The van der Waals surface area contributed by atoms with Crippen molar-refractivity contribution < 1.29 is 13.9 Å². The third-order valence-electron chi connectivity index (χ3n) is 3.34. The minimum atomic E-state index is -0.363. The van der Waals surface area contributed by atoms with Crippen LogP contribution in [0.1, 0.15) is 0 Å². The van der Waals surface area contributed by atoms with Crippen molar-refractivity contribution in [2.24, 2.45) is 0 Å². The summed E-state index contributed by atoms with van der Waals surface area (Å²) in [6, 6.07) is 14.4. The van der Waals surface area contributed by atoms with Gasteiger partial charge in [-0.05, 0) is 42.0 Å². The van der Waals surface area contributed by atoms with Gasteiger partial charge in [-0.2, -0.15) is 0 Å². The van der Waals surface area contributed by atoms with Crippen LogP contribution in [-0.2, 0) is 0 Å². The van der Waals surface area contributed by atoms with Crippen LogP contribution in [0.2, 0.25) is 0 Å². The first kappa shape index (κ1) is 13.2. The van der Waals surface area contributed by atoms with Crippen LogP contribution >= 0.6 is 0 Å². The number of hydrogen-bond acceptors (Lipinski definition) is 4. The minimum Gasteiger partial charge on any atom is -0.497 e. The molecule has 21 heavy (non-hydrogen) atoms. The maximum atomic E-state index is 12.1. The van der Waals surface area contributed by atoms with Crippen molar-refractivity contribution in [2.75, 3.05) is 14.2 Å². The molecule has 1 aromatic heterocycles. The summed E-state index contributed by atoms with van der Waals surface area (Å²) in [5.74, 6) is 1.46. The Morgan fingerprint density at radius 3 is 2.19 bits per heavy atom. The fourth-order valence-electron chi connectivity index (χ4n) is 2.20. The van der Waals surface area contributed by atoms with Gasteiger partial charge in [0, 0.05) is 5.39 Å². The Kier molecular flexibility index (Phi) is 3.36. The zero-order valence-corrected chi connectivity index (χ0v) is 11.8. The molecule has 0 amide bonds. The number of hydrogen-bond donors (Lipinski definition) is 0. The van der Waals surface area contributed by atoms with Crippen LogP contribution in [0.4, 0.5) is 0 Å². The van der Waals surface area contributed by atoms with E-state index in [-0.39, 0.29) is 5.63 Å². The van der Waals surface area contributed by atoms with Gasteiger partial charge in [0.25, 0.3) is 0 Å². The van der Waals surface area contributed by atoms with Crippen LogP contribution in [0.15, 0.2) is 57.7 Å². The van der Waals surface area contributed by atoms with Crippen molar-refractivity contribution in [2.45, 2.75) is 0 Å². The molecule has 3 rings (SSSR count). The second-order valence-electron chi connectivity index (χ2n) is 4.58. The fourth-order valence-corrected chi connectivity index (χ4v) is 2.20. The van der Waals surface area contributed by atoms with Crippen LogP contribution in [0, 0.1) is 0 Å². The van der Waals surface area contributed by atoms with Crippen LogP contribution in [0.5, 0.6) is 11.5 Å². The Morgan fingerprint density at radius 1 is 0.857 bits per heavy atom. The molecule has 0 unspecified atom stereocenters. The van der Waals surface area contributed by atoms with E-state index in [1.807, 2.05) is 36.4 Å². The van der Waals surface area contributed by atoms with Crippen molar-refractivity contribution in [3.05, 3.63) is 59.0 Å². The van der Waals surface area contributed by atoms with Gasteiger partial charge in [-0.25, -0.2) is 4.79 Å². The molecule has 0 bridgehead atoms. The predicted octanol–water partition coefficient (Wildman–Crippen LogP) is 3.48. The normalized spacial score (nSPS) is 10.6. The molecule has 2 aromatic carbocycles. The highest BCUT2D eigenvalue weighted by molar-refractivity contribution is 5.83. The van der Waals surface area contributed by atoms with E-state index in [2.05, 4.69) is 0 Å². The topological polar surface area (TPSA) is 48.7 Å². The maximum Gasteiger partial charge on any atom is 0.344 e. The summed E-state index contributed by atoms with van der Waals surface area (Å²) in [5, 5.41) is 0.819. The predicted molar refractivity (Wildman–Crippen MR) is 81.0 cm³/mol. The minimum absolute atomic E-state index is 0.363. The van der Waals surface area contributed by atoms with E-state index in [0.29, 0.717) is 11.1 Å². The first-order chi connectivity index (χ1) is 10.2. The quantitative estimate of drug-likeness (QED) is 0.690. The van der Waals surface area contributed by atoms with Crippen LogP contribution < -0.4 is 15.1 Å². The molecule has 3 aromatic rings. The molecule has 106 valence electrons. The first-order valence-electron chi connectivity index (χ1n) is 6.47. The van der Waals surface area contributed by atoms with E-state index in [4.69, 9.17) is 13.9 Å². The second-order valence-corrected chi connectivity index (χ2v) is 4.58. The highest BCUT2D eigenvalue weighted by Crippen LogP contribution is 2.25. The summed E-state index contributed by atoms with van der Waals surface area (Å²) in [4.78, 5) is 12.1. The summed E-state index contributed by atoms with van der Waals surface area (Å²) in [6.45, 7) is 0. The molecule has 0 spiro atoms. The Hall–Kier alpha value is -2.75. The molecular weight excluding hydrogens is 268 g/mol. The molecule has 0 aliphatic carbocycles. The molecule has 4 nitrogen and oxygen atoms in total.